The van der Waals surface area contributed by atoms with Crippen molar-refractivity contribution < 1.29 is 14.2 Å². The van der Waals surface area contributed by atoms with Crippen molar-refractivity contribution in [1.29, 1.82) is 0 Å². The van der Waals surface area contributed by atoms with Crippen molar-refractivity contribution in [3.63, 3.8) is 0 Å². The maximum atomic E-state index is 13.5. The number of aliphatic hydroxyl groups excluding tert-OH is 1. The number of ether oxygens (including phenoxy) is 1. The van der Waals surface area contributed by atoms with Gasteiger partial charge >= 0.3 is 0 Å². The molecule has 2 aromatic carbocycles. The van der Waals surface area contributed by atoms with Crippen molar-refractivity contribution in [2.24, 2.45) is 0 Å². The van der Waals surface area contributed by atoms with Gasteiger partial charge in [0.15, 0.2) is 11.6 Å². The Morgan fingerprint density at radius 3 is 2.86 bits per heavy atom. The molecule has 0 spiro atoms. The molecular formula is C17H14FNO2. The number of aromatic nitrogens is 1. The zero-order valence-electron chi connectivity index (χ0n) is 11.5. The zero-order chi connectivity index (χ0) is 14.8. The first kappa shape index (κ1) is 13.5. The molecule has 0 fully saturated rings. The molecular weight excluding hydrogens is 269 g/mol. The Balaban J connectivity index is 2.10. The molecule has 0 radical (unpaired) electrons. The van der Waals surface area contributed by atoms with Crippen LogP contribution in [0.1, 0.15) is 17.2 Å². The van der Waals surface area contributed by atoms with Crippen LogP contribution in [0.15, 0.2) is 54.9 Å². The van der Waals surface area contributed by atoms with Gasteiger partial charge in [0, 0.05) is 17.8 Å². The number of rotatable bonds is 3. The van der Waals surface area contributed by atoms with E-state index < -0.39 is 11.9 Å². The molecule has 1 heterocycles. The van der Waals surface area contributed by atoms with Crippen molar-refractivity contribution in [1.82, 2.24) is 4.98 Å². The standard InChI is InChI=1S/C17H14FNO2/c1-21-16-9-11(5-6-15(16)18)17(20)14-4-2-3-12-10-19-8-7-13(12)14/h2-10,17,20H,1H3. The second-order valence-electron chi connectivity index (χ2n) is 4.74. The number of fused-ring (bicyclic) bond motifs is 1. The highest BCUT2D eigenvalue weighted by Gasteiger charge is 2.15. The highest BCUT2D eigenvalue weighted by Crippen LogP contribution is 2.30. The van der Waals surface area contributed by atoms with Crippen LogP contribution in [0.2, 0.25) is 0 Å². The van der Waals surface area contributed by atoms with Gasteiger partial charge in [0.2, 0.25) is 0 Å². The molecule has 1 aromatic heterocycles. The van der Waals surface area contributed by atoms with Crippen LogP contribution in [0.4, 0.5) is 4.39 Å². The molecule has 3 aromatic rings. The molecule has 106 valence electrons. The number of nitrogens with zero attached hydrogens (tertiary/aromatic N) is 1. The van der Waals surface area contributed by atoms with Gasteiger partial charge in [0.1, 0.15) is 6.10 Å². The average molecular weight is 283 g/mol. The fourth-order valence-corrected chi connectivity index (χ4v) is 2.41. The highest BCUT2D eigenvalue weighted by atomic mass is 19.1. The minimum atomic E-state index is -0.856. The van der Waals surface area contributed by atoms with E-state index >= 15 is 0 Å². The summed E-state index contributed by atoms with van der Waals surface area (Å²) >= 11 is 0. The van der Waals surface area contributed by atoms with Gasteiger partial charge in [0.05, 0.1) is 7.11 Å². The molecule has 1 N–H and O–H groups in total. The summed E-state index contributed by atoms with van der Waals surface area (Å²) in [5.41, 5.74) is 1.33. The van der Waals surface area contributed by atoms with E-state index in [0.717, 1.165) is 16.3 Å². The summed E-state index contributed by atoms with van der Waals surface area (Å²) in [5, 5.41) is 12.5. The van der Waals surface area contributed by atoms with Crippen LogP contribution in [-0.4, -0.2) is 17.2 Å². The molecule has 3 rings (SSSR count). The first-order valence-electron chi connectivity index (χ1n) is 6.55. The first-order chi connectivity index (χ1) is 10.2. The fraction of sp³-hybridized carbons (Fsp3) is 0.118. The Kier molecular flexibility index (Phi) is 3.54. The van der Waals surface area contributed by atoms with Crippen LogP contribution in [-0.2, 0) is 0 Å². The van der Waals surface area contributed by atoms with E-state index in [9.17, 15) is 9.50 Å². The number of benzene rings is 2. The van der Waals surface area contributed by atoms with E-state index in [4.69, 9.17) is 4.74 Å². The lowest BCUT2D eigenvalue weighted by atomic mass is 9.96. The summed E-state index contributed by atoms with van der Waals surface area (Å²) < 4.78 is 18.4. The monoisotopic (exact) mass is 283 g/mol. The molecule has 0 amide bonds. The minimum absolute atomic E-state index is 0.119. The lowest BCUT2D eigenvalue weighted by Crippen LogP contribution is -2.02. The lowest BCUT2D eigenvalue weighted by Gasteiger charge is -2.15. The third-order valence-electron chi connectivity index (χ3n) is 3.50. The molecule has 4 heteroatoms. The maximum Gasteiger partial charge on any atom is 0.165 e. The predicted molar refractivity (Wildman–Crippen MR) is 78.8 cm³/mol. The van der Waals surface area contributed by atoms with Gasteiger partial charge < -0.3 is 9.84 Å². The molecule has 0 aliphatic rings. The Morgan fingerprint density at radius 2 is 2.05 bits per heavy atom. The Labute approximate surface area is 121 Å². The van der Waals surface area contributed by atoms with E-state index in [1.165, 1.54) is 19.2 Å². The van der Waals surface area contributed by atoms with Crippen LogP contribution in [0.3, 0.4) is 0 Å². The summed E-state index contributed by atoms with van der Waals surface area (Å²) in [5.74, 6) is -0.330. The fourth-order valence-electron chi connectivity index (χ4n) is 2.41. The quantitative estimate of drug-likeness (QED) is 0.800. The molecule has 0 aliphatic carbocycles. The smallest absolute Gasteiger partial charge is 0.165 e. The number of aliphatic hydroxyl groups is 1. The van der Waals surface area contributed by atoms with Crippen molar-refractivity contribution in [2.45, 2.75) is 6.10 Å². The SMILES string of the molecule is COc1cc(C(O)c2cccc3cnccc23)ccc1F. The topological polar surface area (TPSA) is 42.4 Å². The van der Waals surface area contributed by atoms with Gasteiger partial charge in [-0.05, 0) is 34.7 Å². The average Bonchev–Trinajstić information content (AvgIpc) is 2.54. The van der Waals surface area contributed by atoms with E-state index in [-0.39, 0.29) is 5.75 Å². The Hall–Kier alpha value is -2.46. The zero-order valence-corrected chi connectivity index (χ0v) is 11.5. The summed E-state index contributed by atoms with van der Waals surface area (Å²) in [6, 6.07) is 11.9. The normalized spacial score (nSPS) is 12.3. The summed E-state index contributed by atoms with van der Waals surface area (Å²) in [4.78, 5) is 4.07. The molecule has 0 aliphatic heterocycles. The molecule has 1 unspecified atom stereocenters. The van der Waals surface area contributed by atoms with Crippen molar-refractivity contribution in [3.05, 3.63) is 71.8 Å². The third kappa shape index (κ3) is 2.45. The van der Waals surface area contributed by atoms with Crippen LogP contribution >= 0.6 is 0 Å². The summed E-state index contributed by atoms with van der Waals surface area (Å²) in [7, 11) is 1.40. The number of pyridine rings is 1. The number of hydrogen-bond acceptors (Lipinski definition) is 3. The van der Waals surface area contributed by atoms with Crippen LogP contribution in [0.5, 0.6) is 5.75 Å². The Morgan fingerprint density at radius 1 is 1.19 bits per heavy atom. The summed E-state index contributed by atoms with van der Waals surface area (Å²) in [6.07, 6.45) is 2.58. The second-order valence-corrected chi connectivity index (χ2v) is 4.74. The largest absolute Gasteiger partial charge is 0.494 e. The van der Waals surface area contributed by atoms with Crippen molar-refractivity contribution in [2.75, 3.05) is 7.11 Å². The van der Waals surface area contributed by atoms with Crippen LogP contribution in [0.25, 0.3) is 10.8 Å². The van der Waals surface area contributed by atoms with E-state index in [0.29, 0.717) is 5.56 Å². The number of halogens is 1. The predicted octanol–water partition coefficient (Wildman–Crippen LogP) is 3.46. The van der Waals surface area contributed by atoms with E-state index in [1.54, 1.807) is 18.5 Å². The second kappa shape index (κ2) is 5.50. The van der Waals surface area contributed by atoms with E-state index in [2.05, 4.69) is 4.98 Å². The molecule has 0 saturated heterocycles. The third-order valence-corrected chi connectivity index (χ3v) is 3.50. The van der Waals surface area contributed by atoms with Gasteiger partial charge in [-0.2, -0.15) is 0 Å². The molecule has 0 saturated carbocycles. The van der Waals surface area contributed by atoms with Crippen LogP contribution < -0.4 is 4.74 Å². The Bertz CT molecular complexity index is 783. The molecule has 0 bridgehead atoms. The van der Waals surface area contributed by atoms with Gasteiger partial charge in [0.25, 0.3) is 0 Å². The van der Waals surface area contributed by atoms with Gasteiger partial charge in [-0.1, -0.05) is 24.3 Å². The number of hydrogen-bond donors (Lipinski definition) is 1. The van der Waals surface area contributed by atoms with Crippen molar-refractivity contribution in [3.8, 4) is 5.75 Å². The van der Waals surface area contributed by atoms with Gasteiger partial charge in [-0.15, -0.1) is 0 Å². The molecule has 1 atom stereocenters. The van der Waals surface area contributed by atoms with Gasteiger partial charge in [-0.25, -0.2) is 4.39 Å². The molecule has 3 nitrogen and oxygen atoms in total. The lowest BCUT2D eigenvalue weighted by molar-refractivity contribution is 0.221. The summed E-state index contributed by atoms with van der Waals surface area (Å²) in [6.45, 7) is 0. The molecule has 21 heavy (non-hydrogen) atoms. The van der Waals surface area contributed by atoms with Gasteiger partial charge in [-0.3, -0.25) is 4.98 Å². The minimum Gasteiger partial charge on any atom is -0.494 e. The van der Waals surface area contributed by atoms with E-state index in [1.807, 2.05) is 24.3 Å². The highest BCUT2D eigenvalue weighted by molar-refractivity contribution is 5.85. The van der Waals surface area contributed by atoms with Crippen LogP contribution in [0, 0.1) is 5.82 Å². The van der Waals surface area contributed by atoms with Crippen molar-refractivity contribution >= 4 is 10.8 Å². The maximum absolute atomic E-state index is 13.5. The number of methoxy groups -OCH3 is 1. The first-order valence-corrected chi connectivity index (χ1v) is 6.55.